The first-order chi connectivity index (χ1) is 28.6. The van der Waals surface area contributed by atoms with Gasteiger partial charge in [-0.3, -0.25) is 4.90 Å². The molecule has 0 unspecified atom stereocenters. The molecule has 5 aromatic rings. The van der Waals surface area contributed by atoms with Crippen LogP contribution in [0.15, 0.2) is 48.5 Å². The lowest BCUT2D eigenvalue weighted by Crippen LogP contribution is -2.45. The lowest BCUT2D eigenvalue weighted by atomic mass is 10.2. The Labute approximate surface area is 354 Å². The van der Waals surface area contributed by atoms with E-state index in [1.165, 1.54) is 17.4 Å². The Morgan fingerprint density at radius 1 is 0.983 bits per heavy atom. The molecule has 0 saturated carbocycles. The van der Waals surface area contributed by atoms with Crippen LogP contribution >= 0.6 is 22.7 Å². The van der Waals surface area contributed by atoms with Crippen LogP contribution in [-0.2, 0) is 6.42 Å². The molecule has 13 nitrogen and oxygen atoms in total. The van der Waals surface area contributed by atoms with Crippen LogP contribution in [-0.4, -0.2) is 133 Å². The fourth-order valence-electron chi connectivity index (χ4n) is 6.58. The predicted molar refractivity (Wildman–Crippen MR) is 237 cm³/mol. The lowest BCUT2D eigenvalue weighted by molar-refractivity contribution is 0.0690. The molecule has 6 rings (SSSR count). The molecule has 1 saturated heterocycles. The number of nitrogens with zero attached hydrogens (tertiary/aromatic N) is 8. The number of carboxylic acids is 1. The summed E-state index contributed by atoms with van der Waals surface area (Å²) >= 11 is 2.88. The fraction of sp³-hybridized carbons (Fsp3) is 0.465. The number of halogens is 1. The van der Waals surface area contributed by atoms with Gasteiger partial charge in [0.2, 0.25) is 0 Å². The third kappa shape index (κ3) is 13.1. The Hall–Kier alpha value is -4.76. The number of aromatic carboxylic acids is 1. The number of hydrogen-bond donors (Lipinski definition) is 3. The molecule has 3 aromatic heterocycles. The highest BCUT2D eigenvalue weighted by molar-refractivity contribution is 7.22. The van der Waals surface area contributed by atoms with E-state index in [1.807, 2.05) is 61.2 Å². The Balaban J connectivity index is 1.08. The van der Waals surface area contributed by atoms with E-state index in [0.717, 1.165) is 92.4 Å². The van der Waals surface area contributed by atoms with Crippen LogP contribution < -0.4 is 20.3 Å². The summed E-state index contributed by atoms with van der Waals surface area (Å²) in [7, 11) is 6.03. The quantitative estimate of drug-likeness (QED) is 0.0524. The van der Waals surface area contributed by atoms with Gasteiger partial charge in [0.25, 0.3) is 0 Å². The van der Waals surface area contributed by atoms with E-state index in [0.29, 0.717) is 53.1 Å². The van der Waals surface area contributed by atoms with Gasteiger partial charge in [-0.15, -0.1) is 21.5 Å². The van der Waals surface area contributed by atoms with Crippen LogP contribution in [0.3, 0.4) is 0 Å². The number of carboxylic acid groups (broad SMARTS) is 1. The van der Waals surface area contributed by atoms with Crippen LogP contribution in [0.1, 0.15) is 58.6 Å². The summed E-state index contributed by atoms with van der Waals surface area (Å²) in [5, 5.41) is 27.6. The standard InChI is InChI=1S/C43H55FN10O3S2/c1-31-29-38(49-50-40(31)48-42-46-34-14-6-7-15-36(34)58-42)54(23-9-5-8-19-45-20-12-22-53-26-24-52(4)25-27-53)43-47-39(41(55)56)37(59-43)16-11-28-57-35-18-17-32(30-33(35)44)13-10-21-51(2)3/h6-7,14-15,17-18,29-30,45H,5,8-9,11-12,16,19-28H2,1-4H3,(H,55,56)(H,46,48,50). The zero-order chi connectivity index (χ0) is 41.6. The van der Waals surface area contributed by atoms with Crippen LogP contribution in [0.25, 0.3) is 10.2 Å². The first kappa shape index (κ1) is 43.8. The van der Waals surface area contributed by atoms with Crippen LogP contribution in [0.5, 0.6) is 5.75 Å². The number of benzene rings is 2. The van der Waals surface area contributed by atoms with Gasteiger partial charge in [0.15, 0.2) is 39.2 Å². The zero-order valence-electron chi connectivity index (χ0n) is 34.5. The average molecular weight is 843 g/mol. The first-order valence-electron chi connectivity index (χ1n) is 20.3. The number of carbonyl (C=O) groups is 1. The third-order valence-corrected chi connectivity index (χ3v) is 12.0. The van der Waals surface area contributed by atoms with E-state index in [1.54, 1.807) is 23.5 Å². The molecular weight excluding hydrogens is 788 g/mol. The highest BCUT2D eigenvalue weighted by Crippen LogP contribution is 2.34. The number of hydrogen-bond acceptors (Lipinski definition) is 14. The summed E-state index contributed by atoms with van der Waals surface area (Å²) in [6.07, 6.45) is 4.87. The van der Waals surface area contributed by atoms with Crippen molar-refractivity contribution >= 4 is 60.8 Å². The minimum Gasteiger partial charge on any atom is -0.491 e. The number of para-hydroxylation sites is 1. The van der Waals surface area contributed by atoms with Crippen LogP contribution in [0, 0.1) is 24.6 Å². The second-order valence-electron chi connectivity index (χ2n) is 15.0. The van der Waals surface area contributed by atoms with Crippen molar-refractivity contribution in [2.45, 2.75) is 45.4 Å². The number of anilines is 4. The Bertz CT molecular complexity index is 2160. The molecule has 314 valence electrons. The summed E-state index contributed by atoms with van der Waals surface area (Å²) in [5.41, 5.74) is 2.36. The van der Waals surface area contributed by atoms with E-state index in [9.17, 15) is 14.3 Å². The second-order valence-corrected chi connectivity index (χ2v) is 17.1. The van der Waals surface area contributed by atoms with Crippen molar-refractivity contribution in [3.8, 4) is 17.6 Å². The third-order valence-electron chi connectivity index (χ3n) is 9.91. The molecular formula is C43H55FN10O3S2. The Morgan fingerprint density at radius 2 is 1.80 bits per heavy atom. The molecule has 0 amide bonds. The maximum absolute atomic E-state index is 14.8. The van der Waals surface area contributed by atoms with Gasteiger partial charge in [-0.2, -0.15) is 0 Å². The number of unbranched alkanes of at least 4 members (excludes halogenated alkanes) is 2. The van der Waals surface area contributed by atoms with Crippen molar-refractivity contribution in [3.05, 3.63) is 76.0 Å². The highest BCUT2D eigenvalue weighted by atomic mass is 32.1. The predicted octanol–water partition coefficient (Wildman–Crippen LogP) is 6.89. The number of thiazole rings is 2. The molecule has 0 aliphatic carbocycles. The van der Waals surface area contributed by atoms with E-state index in [4.69, 9.17) is 4.74 Å². The Morgan fingerprint density at radius 3 is 2.56 bits per heavy atom. The van der Waals surface area contributed by atoms with Gasteiger partial charge in [0.05, 0.1) is 23.4 Å². The molecule has 2 aromatic carbocycles. The summed E-state index contributed by atoms with van der Waals surface area (Å²) in [5.74, 6) is 5.69. The first-order valence-corrected chi connectivity index (χ1v) is 21.9. The largest absolute Gasteiger partial charge is 0.491 e. The van der Waals surface area contributed by atoms with Crippen molar-refractivity contribution in [3.63, 3.8) is 0 Å². The second kappa shape index (κ2) is 22.0. The summed E-state index contributed by atoms with van der Waals surface area (Å²) in [6, 6.07) is 14.6. The van der Waals surface area contributed by atoms with Crippen LogP contribution in [0.2, 0.25) is 0 Å². The maximum atomic E-state index is 14.8. The lowest BCUT2D eigenvalue weighted by Gasteiger charge is -2.32. The monoisotopic (exact) mass is 842 g/mol. The highest BCUT2D eigenvalue weighted by Gasteiger charge is 2.23. The molecule has 3 N–H and O–H groups in total. The molecule has 59 heavy (non-hydrogen) atoms. The Kier molecular flexibility index (Phi) is 16.3. The summed E-state index contributed by atoms with van der Waals surface area (Å²) < 4.78 is 21.6. The fourth-order valence-corrected chi connectivity index (χ4v) is 8.58. The number of nitrogens with one attached hydrogen (secondary N) is 2. The number of aryl methyl sites for hydroxylation is 2. The smallest absolute Gasteiger partial charge is 0.355 e. The van der Waals surface area contributed by atoms with Gasteiger partial charge in [-0.25, -0.2) is 19.2 Å². The van der Waals surface area contributed by atoms with E-state index < -0.39 is 11.8 Å². The number of ether oxygens (including phenoxy) is 1. The number of rotatable bonds is 21. The molecule has 1 aliphatic rings. The zero-order valence-corrected chi connectivity index (χ0v) is 36.1. The van der Waals surface area contributed by atoms with Crippen molar-refractivity contribution in [2.24, 2.45) is 0 Å². The molecule has 0 atom stereocenters. The van der Waals surface area contributed by atoms with Gasteiger partial charge >= 0.3 is 5.97 Å². The molecule has 16 heteroatoms. The molecule has 1 aliphatic heterocycles. The van der Waals surface area contributed by atoms with Crippen molar-refractivity contribution in [1.82, 2.24) is 40.2 Å². The maximum Gasteiger partial charge on any atom is 0.355 e. The van der Waals surface area contributed by atoms with E-state index in [2.05, 4.69) is 59.5 Å². The van der Waals surface area contributed by atoms with Gasteiger partial charge in [-0.1, -0.05) is 41.7 Å². The molecule has 0 radical (unpaired) electrons. The van der Waals surface area contributed by atoms with E-state index >= 15 is 0 Å². The molecule has 4 heterocycles. The SMILES string of the molecule is Cc1cc(N(CCCCCNCCCN2CCN(C)CC2)c2nc(C(=O)O)c(CCCOc3ccc(C#CCN(C)C)cc3F)s2)nnc1Nc1nc2ccccc2s1. The summed E-state index contributed by atoms with van der Waals surface area (Å²) in [6.45, 7) is 11.0. The normalized spacial score (nSPS) is 13.5. The minimum absolute atomic E-state index is 0.00131. The van der Waals surface area contributed by atoms with Gasteiger partial charge in [-0.05, 0) is 122 Å². The molecule has 0 bridgehead atoms. The van der Waals surface area contributed by atoms with Gasteiger partial charge in [0.1, 0.15) is 0 Å². The van der Waals surface area contributed by atoms with Crippen molar-refractivity contribution in [2.75, 3.05) is 96.9 Å². The summed E-state index contributed by atoms with van der Waals surface area (Å²) in [4.78, 5) is 31.2. The molecule has 0 spiro atoms. The average Bonchev–Trinajstić information content (AvgIpc) is 3.83. The van der Waals surface area contributed by atoms with Crippen LogP contribution in [0.4, 0.5) is 26.3 Å². The molecule has 1 fully saturated rings. The minimum atomic E-state index is -1.10. The van der Waals surface area contributed by atoms with E-state index in [-0.39, 0.29) is 18.1 Å². The van der Waals surface area contributed by atoms with Crippen molar-refractivity contribution in [1.29, 1.82) is 0 Å². The number of aromatic nitrogens is 4. The van der Waals surface area contributed by atoms with Crippen molar-refractivity contribution < 1.29 is 19.0 Å². The number of fused-ring (bicyclic) bond motifs is 1. The van der Waals surface area contributed by atoms with Gasteiger partial charge < -0.3 is 35.2 Å². The van der Waals surface area contributed by atoms with Gasteiger partial charge in [0, 0.05) is 43.2 Å². The topological polar surface area (TPSA) is 135 Å². The number of likely N-dealkylation sites (N-methyl/N-ethyl adjacent to an activating group) is 1. The number of piperazine rings is 1.